The van der Waals surface area contributed by atoms with Crippen LogP contribution in [0.3, 0.4) is 0 Å². The van der Waals surface area contributed by atoms with Crippen LogP contribution in [0, 0.1) is 5.92 Å². The first kappa shape index (κ1) is 15.2. The number of hydrogen-bond acceptors (Lipinski definition) is 2. The van der Waals surface area contributed by atoms with E-state index in [-0.39, 0.29) is 6.10 Å². The molecule has 1 heterocycles. The van der Waals surface area contributed by atoms with E-state index in [9.17, 15) is 5.11 Å². The van der Waals surface area contributed by atoms with E-state index >= 15 is 0 Å². The van der Waals surface area contributed by atoms with Gasteiger partial charge in [-0.1, -0.05) is 46.5 Å². The molecule has 0 aliphatic rings. The summed E-state index contributed by atoms with van der Waals surface area (Å²) in [5, 5.41) is 14.6. The second-order valence-corrected chi connectivity index (χ2v) is 5.15. The van der Waals surface area contributed by atoms with Crippen LogP contribution < -0.4 is 0 Å². The van der Waals surface area contributed by atoms with E-state index in [1.165, 1.54) is 19.3 Å². The van der Waals surface area contributed by atoms with Gasteiger partial charge >= 0.3 is 0 Å². The Morgan fingerprint density at radius 1 is 1.28 bits per heavy atom. The van der Waals surface area contributed by atoms with Gasteiger partial charge in [0.2, 0.25) is 0 Å². The molecule has 0 bridgehead atoms. The molecule has 1 N–H and O–H groups in total. The van der Waals surface area contributed by atoms with Crippen LogP contribution in [-0.2, 0) is 6.54 Å². The van der Waals surface area contributed by atoms with Crippen molar-refractivity contribution in [3.05, 3.63) is 18.0 Å². The molecule has 0 aliphatic carbocycles. The molecule has 0 saturated carbocycles. The van der Waals surface area contributed by atoms with Crippen LogP contribution in [-0.4, -0.2) is 14.9 Å². The van der Waals surface area contributed by atoms with E-state index in [4.69, 9.17) is 0 Å². The first-order chi connectivity index (χ1) is 8.72. The lowest BCUT2D eigenvalue weighted by atomic mass is 9.92. The summed E-state index contributed by atoms with van der Waals surface area (Å²) in [6.07, 6.45) is 8.23. The summed E-state index contributed by atoms with van der Waals surface area (Å²) in [6.45, 7) is 7.47. The number of aromatic nitrogens is 2. The van der Waals surface area contributed by atoms with Crippen molar-refractivity contribution < 1.29 is 5.11 Å². The zero-order valence-electron chi connectivity index (χ0n) is 12.1. The molecule has 1 aromatic rings. The average molecular weight is 252 g/mol. The maximum absolute atomic E-state index is 10.4. The minimum absolute atomic E-state index is 0.360. The average Bonchev–Trinajstić information content (AvgIpc) is 2.83. The maximum Gasteiger partial charge on any atom is 0.0959 e. The summed E-state index contributed by atoms with van der Waals surface area (Å²) in [4.78, 5) is 0. The number of aliphatic hydroxyl groups is 1. The Balaban J connectivity index is 2.56. The predicted molar refractivity (Wildman–Crippen MR) is 75.4 cm³/mol. The smallest absolute Gasteiger partial charge is 0.0959 e. The van der Waals surface area contributed by atoms with E-state index in [1.54, 1.807) is 6.20 Å². The molecule has 0 radical (unpaired) electrons. The molecule has 0 amide bonds. The topological polar surface area (TPSA) is 38.1 Å². The second-order valence-electron chi connectivity index (χ2n) is 5.15. The van der Waals surface area contributed by atoms with Crippen molar-refractivity contribution in [2.75, 3.05) is 0 Å². The summed E-state index contributed by atoms with van der Waals surface area (Å²) in [6, 6.07) is 1.95. The van der Waals surface area contributed by atoms with Gasteiger partial charge in [-0.2, -0.15) is 5.10 Å². The monoisotopic (exact) mass is 252 g/mol. The van der Waals surface area contributed by atoms with Gasteiger partial charge in [-0.05, 0) is 24.8 Å². The predicted octanol–water partition coefficient (Wildman–Crippen LogP) is 3.93. The van der Waals surface area contributed by atoms with Crippen molar-refractivity contribution in [2.24, 2.45) is 5.92 Å². The normalized spacial score (nSPS) is 14.7. The number of unbranched alkanes of at least 4 members (excludes halogenated alkanes) is 1. The summed E-state index contributed by atoms with van der Waals surface area (Å²) in [5.74, 6) is 0.630. The molecule has 18 heavy (non-hydrogen) atoms. The lowest BCUT2D eigenvalue weighted by molar-refractivity contribution is 0.129. The Bertz CT molecular complexity index is 322. The van der Waals surface area contributed by atoms with Gasteiger partial charge in [-0.3, -0.25) is 4.68 Å². The molecular formula is C15H28N2O. The van der Waals surface area contributed by atoms with Crippen LogP contribution in [0.5, 0.6) is 0 Å². The first-order valence-electron chi connectivity index (χ1n) is 7.42. The molecule has 2 unspecified atom stereocenters. The van der Waals surface area contributed by atoms with Crippen LogP contribution in [0.15, 0.2) is 12.3 Å². The lowest BCUT2D eigenvalue weighted by Crippen LogP contribution is -2.12. The quantitative estimate of drug-likeness (QED) is 0.723. The highest BCUT2D eigenvalue weighted by atomic mass is 16.3. The molecule has 1 rings (SSSR count). The Kier molecular flexibility index (Phi) is 7.02. The van der Waals surface area contributed by atoms with E-state index < -0.39 is 0 Å². The highest BCUT2D eigenvalue weighted by molar-refractivity contribution is 5.04. The van der Waals surface area contributed by atoms with Gasteiger partial charge in [0.05, 0.1) is 11.8 Å². The zero-order chi connectivity index (χ0) is 13.4. The van der Waals surface area contributed by atoms with Crippen LogP contribution in [0.4, 0.5) is 0 Å². The van der Waals surface area contributed by atoms with Crippen molar-refractivity contribution in [1.29, 1.82) is 0 Å². The third-order valence-electron chi connectivity index (χ3n) is 3.63. The van der Waals surface area contributed by atoms with E-state index in [1.807, 2.05) is 10.7 Å². The highest BCUT2D eigenvalue weighted by Gasteiger charge is 2.17. The molecule has 0 aliphatic heterocycles. The Morgan fingerprint density at radius 3 is 2.67 bits per heavy atom. The zero-order valence-corrected chi connectivity index (χ0v) is 12.1. The van der Waals surface area contributed by atoms with Crippen LogP contribution in [0.1, 0.15) is 71.1 Å². The fourth-order valence-electron chi connectivity index (χ4n) is 2.44. The first-order valence-corrected chi connectivity index (χ1v) is 7.42. The van der Waals surface area contributed by atoms with Gasteiger partial charge < -0.3 is 5.11 Å². The number of nitrogens with zero attached hydrogens (tertiary/aromatic N) is 2. The number of aryl methyl sites for hydroxylation is 1. The second kappa shape index (κ2) is 8.30. The van der Waals surface area contributed by atoms with Crippen molar-refractivity contribution in [3.63, 3.8) is 0 Å². The lowest BCUT2D eigenvalue weighted by Gasteiger charge is -2.19. The van der Waals surface area contributed by atoms with Crippen LogP contribution in [0.25, 0.3) is 0 Å². The molecule has 0 fully saturated rings. The van der Waals surface area contributed by atoms with Gasteiger partial charge in [0.15, 0.2) is 0 Å². The largest absolute Gasteiger partial charge is 0.387 e. The van der Waals surface area contributed by atoms with Gasteiger partial charge in [-0.25, -0.2) is 0 Å². The van der Waals surface area contributed by atoms with Gasteiger partial charge in [0.1, 0.15) is 0 Å². The summed E-state index contributed by atoms with van der Waals surface area (Å²) < 4.78 is 1.94. The van der Waals surface area contributed by atoms with Crippen molar-refractivity contribution >= 4 is 0 Å². The molecule has 1 aromatic heterocycles. The van der Waals surface area contributed by atoms with Crippen molar-refractivity contribution in [1.82, 2.24) is 9.78 Å². The van der Waals surface area contributed by atoms with E-state index in [0.29, 0.717) is 5.92 Å². The molecule has 2 atom stereocenters. The molecule has 0 aromatic carbocycles. The van der Waals surface area contributed by atoms with E-state index in [2.05, 4.69) is 25.9 Å². The third kappa shape index (κ3) is 4.45. The molecule has 3 nitrogen and oxygen atoms in total. The Morgan fingerprint density at radius 2 is 2.06 bits per heavy atom. The Hall–Kier alpha value is -0.830. The molecular weight excluding hydrogens is 224 g/mol. The van der Waals surface area contributed by atoms with Crippen molar-refractivity contribution in [3.8, 4) is 0 Å². The molecule has 104 valence electrons. The fraction of sp³-hybridized carbons (Fsp3) is 0.800. The van der Waals surface area contributed by atoms with Gasteiger partial charge in [0, 0.05) is 12.7 Å². The van der Waals surface area contributed by atoms with Gasteiger partial charge in [-0.15, -0.1) is 0 Å². The van der Waals surface area contributed by atoms with Crippen LogP contribution in [0.2, 0.25) is 0 Å². The maximum atomic E-state index is 10.4. The van der Waals surface area contributed by atoms with E-state index in [0.717, 1.165) is 31.5 Å². The number of aliphatic hydroxyl groups excluding tert-OH is 1. The standard InChI is InChI=1S/C15H28N2O/c1-4-7-8-13(6-3)12-15(18)14-9-10-16-17(14)11-5-2/h9-10,13,15,18H,4-8,11-12H2,1-3H3. The molecule has 3 heteroatoms. The van der Waals surface area contributed by atoms with Crippen molar-refractivity contribution in [2.45, 2.75) is 71.9 Å². The van der Waals surface area contributed by atoms with Gasteiger partial charge in [0.25, 0.3) is 0 Å². The number of rotatable bonds is 9. The van der Waals surface area contributed by atoms with Crippen LogP contribution >= 0.6 is 0 Å². The number of hydrogen-bond donors (Lipinski definition) is 1. The highest BCUT2D eigenvalue weighted by Crippen LogP contribution is 2.26. The minimum atomic E-state index is -0.360. The SMILES string of the molecule is CCCCC(CC)CC(O)c1ccnn1CCC. The Labute approximate surface area is 111 Å². The minimum Gasteiger partial charge on any atom is -0.387 e. The molecule has 0 spiro atoms. The summed E-state index contributed by atoms with van der Waals surface area (Å²) in [7, 11) is 0. The summed E-state index contributed by atoms with van der Waals surface area (Å²) in [5.41, 5.74) is 0.979. The summed E-state index contributed by atoms with van der Waals surface area (Å²) >= 11 is 0. The molecule has 0 saturated heterocycles. The third-order valence-corrected chi connectivity index (χ3v) is 3.63. The fourth-order valence-corrected chi connectivity index (χ4v) is 2.44.